The van der Waals surface area contributed by atoms with Gasteiger partial charge in [0.15, 0.2) is 0 Å². The summed E-state index contributed by atoms with van der Waals surface area (Å²) in [4.78, 5) is 0. The van der Waals surface area contributed by atoms with Crippen molar-refractivity contribution in [3.63, 3.8) is 0 Å². The third-order valence-corrected chi connectivity index (χ3v) is 3.26. The van der Waals surface area contributed by atoms with Gasteiger partial charge in [-0.15, -0.1) is 19.0 Å². The van der Waals surface area contributed by atoms with E-state index in [-0.39, 0.29) is 12.4 Å². The Balaban J connectivity index is 0. The summed E-state index contributed by atoms with van der Waals surface area (Å²) in [5, 5.41) is 0. The number of rotatable bonds is 13. The Kier molecular flexibility index (Phi) is 21.0. The van der Waals surface area contributed by atoms with E-state index < -0.39 is 0 Å². The molecule has 0 saturated carbocycles. The Morgan fingerprint density at radius 3 is 1.35 bits per heavy atom. The van der Waals surface area contributed by atoms with Gasteiger partial charge < -0.3 is 0 Å². The van der Waals surface area contributed by atoms with Crippen LogP contribution in [0.25, 0.3) is 0 Å². The van der Waals surface area contributed by atoms with Crippen molar-refractivity contribution in [3.8, 4) is 0 Å². The van der Waals surface area contributed by atoms with Gasteiger partial charge in [0.25, 0.3) is 0 Å². The highest BCUT2D eigenvalue weighted by Gasteiger charge is 1.92. The Morgan fingerprint density at radius 2 is 1.00 bits per heavy atom. The quantitative estimate of drug-likeness (QED) is 0.256. The van der Waals surface area contributed by atoms with Gasteiger partial charge in [0.05, 0.1) is 0 Å². The summed E-state index contributed by atoms with van der Waals surface area (Å²) in [6.45, 7) is 6.03. The average Bonchev–Trinajstić information content (AvgIpc) is 2.31. The second-order valence-corrected chi connectivity index (χ2v) is 4.97. The summed E-state index contributed by atoms with van der Waals surface area (Å²) < 4.78 is 0. The minimum Gasteiger partial charge on any atom is -0.147 e. The van der Waals surface area contributed by atoms with Crippen LogP contribution in [-0.4, -0.2) is 0 Å². The molecule has 104 valence electrons. The average molecular weight is 261 g/mol. The Morgan fingerprint density at radius 1 is 0.647 bits per heavy atom. The van der Waals surface area contributed by atoms with E-state index in [1.165, 1.54) is 83.5 Å². The van der Waals surface area contributed by atoms with Gasteiger partial charge in [-0.05, 0) is 12.8 Å². The van der Waals surface area contributed by atoms with E-state index in [4.69, 9.17) is 0 Å². The molecule has 17 heavy (non-hydrogen) atoms. The molecule has 0 aliphatic heterocycles. The van der Waals surface area contributed by atoms with E-state index in [0.29, 0.717) is 0 Å². The zero-order chi connectivity index (χ0) is 11.9. The largest absolute Gasteiger partial charge is 0.147 e. The Hall–Kier alpha value is 0.0300. The highest BCUT2D eigenvalue weighted by atomic mass is 35.5. The molecule has 0 aromatic rings. The summed E-state index contributed by atoms with van der Waals surface area (Å²) >= 11 is 0. The molecule has 0 heterocycles. The maximum atomic E-state index is 3.75. The van der Waals surface area contributed by atoms with Crippen LogP contribution in [0.15, 0.2) is 12.7 Å². The third kappa shape index (κ3) is 18.6. The van der Waals surface area contributed by atoms with E-state index in [9.17, 15) is 0 Å². The summed E-state index contributed by atoms with van der Waals surface area (Å²) in [5.74, 6) is 0. The minimum atomic E-state index is 0. The molecule has 0 aliphatic carbocycles. The van der Waals surface area contributed by atoms with E-state index in [1.807, 2.05) is 6.08 Å². The van der Waals surface area contributed by atoms with Gasteiger partial charge in [-0.3, -0.25) is 0 Å². The molecule has 0 rings (SSSR count). The van der Waals surface area contributed by atoms with Crippen LogP contribution in [0.3, 0.4) is 0 Å². The van der Waals surface area contributed by atoms with Gasteiger partial charge in [-0.2, -0.15) is 0 Å². The van der Waals surface area contributed by atoms with Crippen LogP contribution in [0.5, 0.6) is 0 Å². The first-order valence-electron chi connectivity index (χ1n) is 7.52. The van der Waals surface area contributed by atoms with E-state index in [0.717, 1.165) is 0 Å². The fourth-order valence-corrected chi connectivity index (χ4v) is 2.13. The fourth-order valence-electron chi connectivity index (χ4n) is 2.13. The topological polar surface area (TPSA) is 0 Å². The monoisotopic (exact) mass is 260 g/mol. The van der Waals surface area contributed by atoms with Crippen molar-refractivity contribution in [2.75, 3.05) is 0 Å². The molecule has 0 nitrogen and oxygen atoms in total. The van der Waals surface area contributed by atoms with Crippen LogP contribution in [0.1, 0.15) is 90.4 Å². The predicted octanol–water partition coefficient (Wildman–Crippen LogP) is 6.69. The zero-order valence-electron chi connectivity index (χ0n) is 11.9. The molecule has 0 N–H and O–H groups in total. The standard InChI is InChI=1S/C16H32.ClH/c1-3-5-7-9-11-13-15-16-14-12-10-8-6-4-2;/h3H,1,4-16H2,2H3;1H. The molecule has 0 aliphatic rings. The molecular weight excluding hydrogens is 228 g/mol. The lowest BCUT2D eigenvalue weighted by molar-refractivity contribution is 0.545. The molecule has 0 unspecified atom stereocenters. The Labute approximate surface area is 116 Å². The summed E-state index contributed by atoms with van der Waals surface area (Å²) in [6.07, 6.45) is 20.5. The van der Waals surface area contributed by atoms with Gasteiger partial charge in [-0.25, -0.2) is 0 Å². The van der Waals surface area contributed by atoms with Crippen LogP contribution in [0.4, 0.5) is 0 Å². The molecule has 0 aromatic carbocycles. The second-order valence-electron chi connectivity index (χ2n) is 4.97. The van der Waals surface area contributed by atoms with Crippen LogP contribution in [-0.2, 0) is 0 Å². The number of unbranched alkanes of at least 4 members (excludes halogenated alkanes) is 12. The van der Waals surface area contributed by atoms with E-state index in [2.05, 4.69) is 13.5 Å². The molecule has 0 radical (unpaired) electrons. The first kappa shape index (κ1) is 19.4. The number of hydrogen-bond donors (Lipinski definition) is 0. The van der Waals surface area contributed by atoms with Gasteiger partial charge in [-0.1, -0.05) is 83.6 Å². The van der Waals surface area contributed by atoms with Crippen molar-refractivity contribution >= 4 is 12.4 Å². The van der Waals surface area contributed by atoms with Crippen molar-refractivity contribution in [1.82, 2.24) is 0 Å². The number of hydrogen-bond acceptors (Lipinski definition) is 0. The zero-order valence-corrected chi connectivity index (χ0v) is 12.7. The molecule has 0 saturated heterocycles. The van der Waals surface area contributed by atoms with Crippen LogP contribution in [0, 0.1) is 0 Å². The number of halogens is 1. The SMILES string of the molecule is C=CCCCCCCCCCCCCCC.Cl. The number of allylic oxidation sites excluding steroid dienone is 1. The summed E-state index contributed by atoms with van der Waals surface area (Å²) in [7, 11) is 0. The van der Waals surface area contributed by atoms with Gasteiger partial charge in [0.1, 0.15) is 0 Å². The summed E-state index contributed by atoms with van der Waals surface area (Å²) in [5.41, 5.74) is 0. The van der Waals surface area contributed by atoms with Gasteiger partial charge >= 0.3 is 0 Å². The van der Waals surface area contributed by atoms with Crippen molar-refractivity contribution in [1.29, 1.82) is 0 Å². The van der Waals surface area contributed by atoms with Crippen molar-refractivity contribution in [2.24, 2.45) is 0 Å². The molecule has 0 aromatic heterocycles. The molecule has 0 spiro atoms. The van der Waals surface area contributed by atoms with Crippen molar-refractivity contribution in [2.45, 2.75) is 90.4 Å². The van der Waals surface area contributed by atoms with E-state index >= 15 is 0 Å². The van der Waals surface area contributed by atoms with Crippen LogP contribution in [0.2, 0.25) is 0 Å². The van der Waals surface area contributed by atoms with Crippen molar-refractivity contribution < 1.29 is 0 Å². The lowest BCUT2D eigenvalue weighted by Gasteiger charge is -2.02. The molecule has 0 bridgehead atoms. The van der Waals surface area contributed by atoms with Gasteiger partial charge in [0.2, 0.25) is 0 Å². The third-order valence-electron chi connectivity index (χ3n) is 3.26. The first-order valence-corrected chi connectivity index (χ1v) is 7.52. The minimum absolute atomic E-state index is 0. The first-order chi connectivity index (χ1) is 7.91. The van der Waals surface area contributed by atoms with Crippen LogP contribution < -0.4 is 0 Å². The lowest BCUT2D eigenvalue weighted by Crippen LogP contribution is -1.82. The molecule has 1 heteroatoms. The smallest absolute Gasteiger partial charge is 0.0353 e. The highest BCUT2D eigenvalue weighted by molar-refractivity contribution is 5.85. The molecule has 0 atom stereocenters. The fraction of sp³-hybridized carbons (Fsp3) is 0.875. The maximum absolute atomic E-state index is 3.75. The maximum Gasteiger partial charge on any atom is -0.0353 e. The molecular formula is C16H33Cl. The second kappa shape index (κ2) is 18.4. The summed E-state index contributed by atoms with van der Waals surface area (Å²) in [6, 6.07) is 0. The highest BCUT2D eigenvalue weighted by Crippen LogP contribution is 2.12. The normalized spacial score (nSPS) is 9.94. The lowest BCUT2D eigenvalue weighted by atomic mass is 10.0. The van der Waals surface area contributed by atoms with Gasteiger partial charge in [0, 0.05) is 0 Å². The predicted molar refractivity (Wildman–Crippen MR) is 83.1 cm³/mol. The van der Waals surface area contributed by atoms with Crippen molar-refractivity contribution in [3.05, 3.63) is 12.7 Å². The Bertz CT molecular complexity index is 131. The van der Waals surface area contributed by atoms with Crippen LogP contribution >= 0.6 is 12.4 Å². The molecule has 0 fully saturated rings. The molecule has 0 amide bonds. The van der Waals surface area contributed by atoms with E-state index in [1.54, 1.807) is 0 Å².